The average Bonchev–Trinajstić information content (AvgIpc) is 2.38. The number of benzene rings is 1. The monoisotopic (exact) mass is 303 g/mol. The van der Waals surface area contributed by atoms with Crippen molar-refractivity contribution in [2.75, 3.05) is 13.7 Å². The number of hydrogen-bond acceptors (Lipinski definition) is 3. The van der Waals surface area contributed by atoms with Gasteiger partial charge in [0.05, 0.1) is 6.42 Å². The first-order chi connectivity index (χ1) is 9.45. The number of rotatable bonds is 7. The third-order valence-corrected chi connectivity index (χ3v) is 3.00. The maximum absolute atomic E-state index is 13.5. The molecule has 5 nitrogen and oxygen atoms in total. The Morgan fingerprint density at radius 3 is 2.75 bits per heavy atom. The predicted molar refractivity (Wildman–Crippen MR) is 71.2 cm³/mol. The lowest BCUT2D eigenvalue weighted by molar-refractivity contribution is -0.142. The molecule has 1 unspecified atom stereocenters. The molecule has 0 aromatic heterocycles. The van der Waals surface area contributed by atoms with E-state index in [0.717, 1.165) is 0 Å². The topological polar surface area (TPSA) is 75.6 Å². The molecule has 0 saturated carbocycles. The Labute approximate surface area is 120 Å². The van der Waals surface area contributed by atoms with Crippen molar-refractivity contribution in [3.8, 4) is 0 Å². The van der Waals surface area contributed by atoms with E-state index in [0.29, 0.717) is 0 Å². The van der Waals surface area contributed by atoms with Crippen molar-refractivity contribution < 1.29 is 23.8 Å². The minimum absolute atomic E-state index is 0.0440. The van der Waals surface area contributed by atoms with Gasteiger partial charge in [-0.1, -0.05) is 17.7 Å². The van der Waals surface area contributed by atoms with Gasteiger partial charge in [-0.3, -0.25) is 4.79 Å². The summed E-state index contributed by atoms with van der Waals surface area (Å²) >= 11 is 5.80. The molecule has 1 aromatic carbocycles. The van der Waals surface area contributed by atoms with E-state index < -0.39 is 23.7 Å². The first-order valence-corrected chi connectivity index (χ1v) is 6.27. The van der Waals surface area contributed by atoms with Gasteiger partial charge < -0.3 is 15.2 Å². The molecule has 2 N–H and O–H groups in total. The number of halogens is 2. The molecule has 0 radical (unpaired) electrons. The summed E-state index contributed by atoms with van der Waals surface area (Å²) in [5, 5.41) is 11.4. The molecule has 0 fully saturated rings. The molecule has 110 valence electrons. The van der Waals surface area contributed by atoms with Crippen molar-refractivity contribution in [2.45, 2.75) is 18.9 Å². The lowest BCUT2D eigenvalue weighted by atomic mass is 10.1. The third-order valence-electron chi connectivity index (χ3n) is 2.64. The second-order valence-corrected chi connectivity index (χ2v) is 4.52. The van der Waals surface area contributed by atoms with Crippen LogP contribution in [0.15, 0.2) is 18.2 Å². The number of aliphatic carboxylic acids is 1. The summed E-state index contributed by atoms with van der Waals surface area (Å²) < 4.78 is 18.3. The zero-order valence-corrected chi connectivity index (χ0v) is 11.6. The molecule has 1 aromatic rings. The summed E-state index contributed by atoms with van der Waals surface area (Å²) in [5.41, 5.74) is 0.0440. The highest BCUT2D eigenvalue weighted by Crippen LogP contribution is 2.19. The maximum atomic E-state index is 13.5. The highest BCUT2D eigenvalue weighted by molar-refractivity contribution is 6.31. The molecule has 1 rings (SSSR count). The molecule has 1 atom stereocenters. The smallest absolute Gasteiger partial charge is 0.326 e. The van der Waals surface area contributed by atoms with Gasteiger partial charge in [-0.05, 0) is 12.1 Å². The quantitative estimate of drug-likeness (QED) is 0.803. The summed E-state index contributed by atoms with van der Waals surface area (Å²) in [6.07, 6.45) is -0.190. The number of ether oxygens (including phenoxy) is 1. The van der Waals surface area contributed by atoms with E-state index in [1.807, 2.05) is 0 Å². The molecule has 20 heavy (non-hydrogen) atoms. The van der Waals surface area contributed by atoms with Crippen LogP contribution in [0.1, 0.15) is 12.0 Å². The Kier molecular flexibility index (Phi) is 6.41. The molecule has 0 aliphatic carbocycles. The predicted octanol–water partition coefficient (Wildman–Crippen LogP) is 1.63. The van der Waals surface area contributed by atoms with Crippen LogP contribution in [0.25, 0.3) is 0 Å². The molecule has 0 saturated heterocycles. The summed E-state index contributed by atoms with van der Waals surface area (Å²) in [6, 6.07) is 3.01. The number of carboxylic acid groups (broad SMARTS) is 1. The summed E-state index contributed by atoms with van der Waals surface area (Å²) in [7, 11) is 1.43. The Balaban J connectivity index is 2.68. The number of carboxylic acids is 1. The number of hydrogen-bond donors (Lipinski definition) is 2. The fourth-order valence-corrected chi connectivity index (χ4v) is 1.83. The van der Waals surface area contributed by atoms with Gasteiger partial charge in [-0.25, -0.2) is 9.18 Å². The maximum Gasteiger partial charge on any atom is 0.326 e. The fraction of sp³-hybridized carbons (Fsp3) is 0.385. The molecule has 0 bridgehead atoms. The zero-order chi connectivity index (χ0) is 15.1. The lowest BCUT2D eigenvalue weighted by Gasteiger charge is -2.14. The van der Waals surface area contributed by atoms with Gasteiger partial charge in [0.2, 0.25) is 5.91 Å². The number of methoxy groups -OCH3 is 1. The number of nitrogens with one attached hydrogen (secondary N) is 1. The van der Waals surface area contributed by atoms with E-state index in [2.05, 4.69) is 5.32 Å². The highest BCUT2D eigenvalue weighted by atomic mass is 35.5. The number of carbonyl (C=O) groups is 2. The minimum atomic E-state index is -1.17. The first kappa shape index (κ1) is 16.4. The summed E-state index contributed by atoms with van der Waals surface area (Å²) in [4.78, 5) is 22.7. The Bertz CT molecular complexity index is 475. The van der Waals surface area contributed by atoms with Crippen LogP contribution in [0, 0.1) is 5.82 Å². The second kappa shape index (κ2) is 7.81. The van der Waals surface area contributed by atoms with Crippen LogP contribution in [0.4, 0.5) is 4.39 Å². The Morgan fingerprint density at radius 2 is 2.20 bits per heavy atom. The van der Waals surface area contributed by atoms with Gasteiger partial charge in [0, 0.05) is 30.7 Å². The molecule has 0 aliphatic heterocycles. The number of carbonyl (C=O) groups excluding carboxylic acids is 1. The van der Waals surface area contributed by atoms with Crippen LogP contribution < -0.4 is 5.32 Å². The van der Waals surface area contributed by atoms with E-state index in [4.69, 9.17) is 21.4 Å². The Morgan fingerprint density at radius 1 is 1.50 bits per heavy atom. The first-order valence-electron chi connectivity index (χ1n) is 5.89. The van der Waals surface area contributed by atoms with Gasteiger partial charge in [-0.2, -0.15) is 0 Å². The Hall–Kier alpha value is -1.66. The molecular weight excluding hydrogens is 289 g/mol. The van der Waals surface area contributed by atoms with Crippen molar-refractivity contribution in [1.29, 1.82) is 0 Å². The van der Waals surface area contributed by atoms with E-state index >= 15 is 0 Å². The van der Waals surface area contributed by atoms with Gasteiger partial charge >= 0.3 is 5.97 Å². The summed E-state index contributed by atoms with van der Waals surface area (Å²) in [5.74, 6) is -2.38. The molecule has 0 aliphatic rings. The van der Waals surface area contributed by atoms with E-state index in [1.165, 1.54) is 25.3 Å². The second-order valence-electron chi connectivity index (χ2n) is 4.12. The van der Waals surface area contributed by atoms with Gasteiger partial charge in [-0.15, -0.1) is 0 Å². The van der Waals surface area contributed by atoms with Crippen LogP contribution in [0.2, 0.25) is 5.02 Å². The SMILES string of the molecule is COCCC(NC(=O)Cc1c(F)cccc1Cl)C(=O)O. The molecule has 0 heterocycles. The summed E-state index contributed by atoms with van der Waals surface area (Å²) in [6.45, 7) is 0.192. The van der Waals surface area contributed by atoms with Crippen molar-refractivity contribution in [1.82, 2.24) is 5.32 Å². The van der Waals surface area contributed by atoms with E-state index in [9.17, 15) is 14.0 Å². The number of amides is 1. The average molecular weight is 304 g/mol. The van der Waals surface area contributed by atoms with Crippen LogP contribution >= 0.6 is 11.6 Å². The van der Waals surface area contributed by atoms with Gasteiger partial charge in [0.1, 0.15) is 11.9 Å². The molecular formula is C13H15ClFNO4. The van der Waals surface area contributed by atoms with Crippen LogP contribution in [0.3, 0.4) is 0 Å². The van der Waals surface area contributed by atoms with E-state index in [1.54, 1.807) is 0 Å². The highest BCUT2D eigenvalue weighted by Gasteiger charge is 2.21. The van der Waals surface area contributed by atoms with Crippen molar-refractivity contribution in [3.63, 3.8) is 0 Å². The largest absolute Gasteiger partial charge is 0.480 e. The fourth-order valence-electron chi connectivity index (χ4n) is 1.60. The van der Waals surface area contributed by atoms with Crippen molar-refractivity contribution in [2.24, 2.45) is 0 Å². The van der Waals surface area contributed by atoms with Crippen molar-refractivity contribution >= 4 is 23.5 Å². The van der Waals surface area contributed by atoms with Crippen LogP contribution in [0.5, 0.6) is 0 Å². The van der Waals surface area contributed by atoms with Crippen LogP contribution in [-0.2, 0) is 20.7 Å². The van der Waals surface area contributed by atoms with Crippen LogP contribution in [-0.4, -0.2) is 36.7 Å². The zero-order valence-electron chi connectivity index (χ0n) is 10.9. The van der Waals surface area contributed by atoms with Gasteiger partial charge in [0.15, 0.2) is 0 Å². The van der Waals surface area contributed by atoms with E-state index in [-0.39, 0.29) is 30.0 Å². The minimum Gasteiger partial charge on any atom is -0.480 e. The lowest BCUT2D eigenvalue weighted by Crippen LogP contribution is -2.42. The van der Waals surface area contributed by atoms with Gasteiger partial charge in [0.25, 0.3) is 0 Å². The molecule has 0 spiro atoms. The normalized spacial score (nSPS) is 11.9. The standard InChI is InChI=1S/C13H15ClFNO4/c1-20-6-5-11(13(18)19)16-12(17)7-8-9(14)3-2-4-10(8)15/h2-4,11H,5-7H2,1H3,(H,16,17)(H,18,19). The third kappa shape index (κ3) is 4.79. The molecule has 7 heteroatoms. The van der Waals surface area contributed by atoms with Crippen molar-refractivity contribution in [3.05, 3.63) is 34.6 Å². The molecule has 1 amide bonds.